The predicted molar refractivity (Wildman–Crippen MR) is 72.3 cm³/mol. The fourth-order valence-electron chi connectivity index (χ4n) is 1.61. The van der Waals surface area contributed by atoms with E-state index in [1.165, 1.54) is 12.1 Å². The summed E-state index contributed by atoms with van der Waals surface area (Å²) in [7, 11) is 0. The van der Waals surface area contributed by atoms with Crippen molar-refractivity contribution >= 4 is 11.8 Å². The second-order valence-corrected chi connectivity index (χ2v) is 4.46. The van der Waals surface area contributed by atoms with Crippen LogP contribution in [0.4, 0.5) is 17.6 Å². The maximum absolute atomic E-state index is 13.8. The first-order valence-corrected chi connectivity index (χ1v) is 6.18. The van der Waals surface area contributed by atoms with Crippen molar-refractivity contribution in [2.75, 3.05) is 0 Å². The molecule has 0 unspecified atom stereocenters. The number of benzene rings is 2. The molecule has 0 radical (unpaired) electrons. The molecule has 22 heavy (non-hydrogen) atoms. The van der Waals surface area contributed by atoms with E-state index >= 15 is 0 Å². The number of ether oxygens (including phenoxy) is 1. The van der Waals surface area contributed by atoms with Crippen molar-refractivity contribution in [1.29, 1.82) is 0 Å². The number of esters is 1. The van der Waals surface area contributed by atoms with E-state index in [2.05, 4.69) is 4.74 Å². The molecule has 0 aliphatic carbocycles. The van der Waals surface area contributed by atoms with Crippen LogP contribution in [0.1, 0.15) is 11.1 Å². The normalized spacial score (nSPS) is 11.9. The fourth-order valence-corrected chi connectivity index (χ4v) is 1.61. The lowest BCUT2D eigenvalue weighted by atomic mass is 10.1. The Balaban J connectivity index is 2.21. The summed E-state index contributed by atoms with van der Waals surface area (Å²) in [6.45, 7) is 1.76. The Labute approximate surface area is 123 Å². The van der Waals surface area contributed by atoms with Gasteiger partial charge in [0.1, 0.15) is 5.75 Å². The van der Waals surface area contributed by atoms with E-state index in [1.54, 1.807) is 19.1 Å². The highest BCUT2D eigenvalue weighted by atomic mass is 19.2. The zero-order valence-electron chi connectivity index (χ0n) is 11.4. The Morgan fingerprint density at radius 3 is 2.18 bits per heavy atom. The Kier molecular flexibility index (Phi) is 4.60. The third-order valence-electron chi connectivity index (χ3n) is 2.78. The van der Waals surface area contributed by atoms with E-state index in [9.17, 15) is 22.4 Å². The summed E-state index contributed by atoms with van der Waals surface area (Å²) in [5, 5.41) is 0. The van der Waals surface area contributed by atoms with Crippen molar-refractivity contribution in [2.45, 2.75) is 6.92 Å². The van der Waals surface area contributed by atoms with Gasteiger partial charge in [-0.3, -0.25) is 0 Å². The molecule has 0 fully saturated rings. The summed E-state index contributed by atoms with van der Waals surface area (Å²) in [5.41, 5.74) is 0.701. The van der Waals surface area contributed by atoms with Gasteiger partial charge in [0, 0.05) is 11.6 Å². The van der Waals surface area contributed by atoms with Crippen LogP contribution in [0.15, 0.2) is 48.3 Å². The van der Waals surface area contributed by atoms with Gasteiger partial charge in [-0.25, -0.2) is 18.0 Å². The molecule has 2 rings (SSSR count). The third-order valence-corrected chi connectivity index (χ3v) is 2.78. The van der Waals surface area contributed by atoms with Crippen LogP contribution in [0, 0.1) is 18.6 Å². The van der Waals surface area contributed by atoms with Crippen LogP contribution >= 0.6 is 0 Å². The molecule has 2 nitrogen and oxygen atoms in total. The molecule has 0 heterocycles. The van der Waals surface area contributed by atoms with Gasteiger partial charge in [0.15, 0.2) is 17.5 Å². The molecule has 0 saturated carbocycles. The molecular weight excluding hydrogens is 300 g/mol. The number of halogens is 4. The molecule has 0 N–H and O–H groups in total. The molecule has 0 atom stereocenters. The van der Waals surface area contributed by atoms with Crippen molar-refractivity contribution in [2.24, 2.45) is 0 Å². The maximum atomic E-state index is 13.8. The van der Waals surface area contributed by atoms with Crippen molar-refractivity contribution in [1.82, 2.24) is 0 Å². The van der Waals surface area contributed by atoms with Crippen molar-refractivity contribution in [3.63, 3.8) is 0 Å². The molecule has 0 bridgehead atoms. The van der Waals surface area contributed by atoms with Gasteiger partial charge in [0.05, 0.1) is 0 Å². The third kappa shape index (κ3) is 3.52. The molecular formula is C16H10F4O2. The fraction of sp³-hybridized carbons (Fsp3) is 0.0625. The Bertz CT molecular complexity index is 736. The highest BCUT2D eigenvalue weighted by molar-refractivity contribution is 5.94. The molecule has 0 amide bonds. The summed E-state index contributed by atoms with van der Waals surface area (Å²) in [5.74, 6) is -7.64. The summed E-state index contributed by atoms with van der Waals surface area (Å²) in [6, 6.07) is 7.88. The number of carbonyl (C=O) groups is 1. The van der Waals surface area contributed by atoms with E-state index in [0.717, 1.165) is 11.6 Å². The molecule has 0 aliphatic rings. The minimum atomic E-state index is -1.76. The van der Waals surface area contributed by atoms with Gasteiger partial charge in [-0.05, 0) is 19.1 Å². The summed E-state index contributed by atoms with van der Waals surface area (Å²) in [4.78, 5) is 11.5. The Morgan fingerprint density at radius 1 is 0.955 bits per heavy atom. The van der Waals surface area contributed by atoms with Gasteiger partial charge in [-0.15, -0.1) is 0 Å². The van der Waals surface area contributed by atoms with Crippen molar-refractivity contribution in [3.05, 3.63) is 71.1 Å². The van der Waals surface area contributed by atoms with Crippen LogP contribution in [0.5, 0.6) is 5.75 Å². The van der Waals surface area contributed by atoms with Gasteiger partial charge in [-0.1, -0.05) is 29.8 Å². The van der Waals surface area contributed by atoms with Gasteiger partial charge < -0.3 is 4.74 Å². The maximum Gasteiger partial charge on any atom is 0.375 e. The van der Waals surface area contributed by atoms with Gasteiger partial charge >= 0.3 is 5.97 Å². The SMILES string of the molecule is Cc1ccc(/C(F)=C(\F)C(=O)Oc2ccc(F)c(F)c2)cc1. The second-order valence-electron chi connectivity index (χ2n) is 4.46. The van der Waals surface area contributed by atoms with Crippen LogP contribution in [0.2, 0.25) is 0 Å². The lowest BCUT2D eigenvalue weighted by Crippen LogP contribution is -2.10. The minimum absolute atomic E-state index is 0.134. The topological polar surface area (TPSA) is 26.3 Å². The van der Waals surface area contributed by atoms with Crippen molar-refractivity contribution < 1.29 is 27.1 Å². The van der Waals surface area contributed by atoms with E-state index in [-0.39, 0.29) is 5.56 Å². The number of hydrogen-bond donors (Lipinski definition) is 0. The highest BCUT2D eigenvalue weighted by Gasteiger charge is 2.20. The second kappa shape index (κ2) is 6.43. The zero-order chi connectivity index (χ0) is 16.3. The summed E-state index contributed by atoms with van der Waals surface area (Å²) in [6.07, 6.45) is 0. The quantitative estimate of drug-likeness (QED) is 0.361. The lowest BCUT2D eigenvalue weighted by molar-refractivity contribution is -0.131. The van der Waals surface area contributed by atoms with Gasteiger partial charge in [0.25, 0.3) is 0 Å². The van der Waals surface area contributed by atoms with E-state index in [1.807, 2.05) is 0 Å². The van der Waals surface area contributed by atoms with Crippen LogP contribution in [0.3, 0.4) is 0 Å². The van der Waals surface area contributed by atoms with Crippen molar-refractivity contribution in [3.8, 4) is 5.75 Å². The average molecular weight is 310 g/mol. The number of aryl methyl sites for hydroxylation is 1. The number of rotatable bonds is 3. The monoisotopic (exact) mass is 310 g/mol. The Morgan fingerprint density at radius 2 is 1.59 bits per heavy atom. The molecule has 2 aromatic carbocycles. The minimum Gasteiger partial charge on any atom is -0.421 e. The average Bonchev–Trinajstić information content (AvgIpc) is 2.50. The first-order chi connectivity index (χ1) is 10.4. The van der Waals surface area contributed by atoms with E-state index in [0.29, 0.717) is 12.1 Å². The van der Waals surface area contributed by atoms with Crippen LogP contribution in [-0.2, 0) is 4.79 Å². The van der Waals surface area contributed by atoms with Crippen LogP contribution in [-0.4, -0.2) is 5.97 Å². The largest absolute Gasteiger partial charge is 0.421 e. The molecule has 0 aromatic heterocycles. The predicted octanol–water partition coefficient (Wildman–Crippen LogP) is 4.49. The summed E-state index contributed by atoms with van der Waals surface area (Å²) < 4.78 is 57.7. The number of carbonyl (C=O) groups excluding carboxylic acids is 1. The van der Waals surface area contributed by atoms with E-state index in [4.69, 9.17) is 0 Å². The molecule has 0 saturated heterocycles. The number of hydrogen-bond acceptors (Lipinski definition) is 2. The zero-order valence-corrected chi connectivity index (χ0v) is 11.4. The first-order valence-electron chi connectivity index (χ1n) is 6.18. The molecule has 0 aliphatic heterocycles. The molecule has 2 aromatic rings. The van der Waals surface area contributed by atoms with Crippen LogP contribution < -0.4 is 4.74 Å². The van der Waals surface area contributed by atoms with E-state index < -0.39 is 35.0 Å². The first kappa shape index (κ1) is 15.8. The lowest BCUT2D eigenvalue weighted by Gasteiger charge is -2.05. The standard InChI is InChI=1S/C16H10F4O2/c1-9-2-4-10(5-3-9)14(19)15(20)16(21)22-11-6-7-12(17)13(18)8-11/h2-8H,1H3/b15-14+. The van der Waals surface area contributed by atoms with Gasteiger partial charge in [-0.2, -0.15) is 4.39 Å². The highest BCUT2D eigenvalue weighted by Crippen LogP contribution is 2.24. The molecule has 0 spiro atoms. The Hall–Kier alpha value is -2.63. The molecule has 114 valence electrons. The molecule has 6 heteroatoms. The van der Waals surface area contributed by atoms with Crippen LogP contribution in [0.25, 0.3) is 5.83 Å². The van der Waals surface area contributed by atoms with Gasteiger partial charge in [0.2, 0.25) is 5.83 Å². The smallest absolute Gasteiger partial charge is 0.375 e. The summed E-state index contributed by atoms with van der Waals surface area (Å²) >= 11 is 0.